The first kappa shape index (κ1) is 19.4. The Morgan fingerprint density at radius 2 is 1.83 bits per heavy atom. The van der Waals surface area contributed by atoms with Crippen molar-refractivity contribution < 1.29 is 14.2 Å². The second kappa shape index (κ2) is 8.19. The molecule has 0 saturated carbocycles. The van der Waals surface area contributed by atoms with Gasteiger partial charge in [0, 0.05) is 23.2 Å². The maximum atomic E-state index is 13.4. The fourth-order valence-corrected chi connectivity index (χ4v) is 3.60. The van der Waals surface area contributed by atoms with Crippen LogP contribution >= 0.6 is 11.6 Å². The monoisotopic (exact) mass is 407 g/mol. The number of aromatic nitrogens is 1. The molecule has 1 heterocycles. The minimum absolute atomic E-state index is 0.343. The number of benzene rings is 3. The summed E-state index contributed by atoms with van der Waals surface area (Å²) in [6.45, 7) is 2.21. The van der Waals surface area contributed by atoms with Crippen molar-refractivity contribution in [2.24, 2.45) is 0 Å². The lowest BCUT2D eigenvalue weighted by molar-refractivity contribution is 0.219. The molecule has 1 unspecified atom stereocenters. The lowest BCUT2D eigenvalue weighted by atomic mass is 9.97. The van der Waals surface area contributed by atoms with E-state index in [1.807, 2.05) is 48.5 Å². The molecule has 1 aromatic heterocycles. The van der Waals surface area contributed by atoms with Crippen molar-refractivity contribution in [3.05, 3.63) is 106 Å². The van der Waals surface area contributed by atoms with Gasteiger partial charge in [0.15, 0.2) is 0 Å². The molecule has 3 aromatic carbocycles. The zero-order chi connectivity index (χ0) is 20.4. The summed E-state index contributed by atoms with van der Waals surface area (Å²) in [5.74, 6) is 0.344. The fraction of sp³-hybridized carbons (Fsp3) is 0.125. The number of pyridine rings is 1. The van der Waals surface area contributed by atoms with Gasteiger partial charge in [-0.25, -0.2) is 4.39 Å². The Morgan fingerprint density at radius 3 is 2.59 bits per heavy atom. The van der Waals surface area contributed by atoms with Crippen LogP contribution in [0.25, 0.3) is 10.9 Å². The van der Waals surface area contributed by atoms with Crippen molar-refractivity contribution in [3.8, 4) is 5.75 Å². The maximum absolute atomic E-state index is 13.4. The van der Waals surface area contributed by atoms with Crippen molar-refractivity contribution in [1.29, 1.82) is 0 Å². The van der Waals surface area contributed by atoms with Crippen LogP contribution in [0.2, 0.25) is 5.02 Å². The normalized spacial score (nSPS) is 12.1. The number of aliphatic hydroxyl groups excluding tert-OH is 1. The Bertz CT molecular complexity index is 1160. The molecule has 0 aliphatic heterocycles. The molecule has 0 radical (unpaired) electrons. The first-order chi connectivity index (χ1) is 14.0. The molecule has 0 spiro atoms. The molecule has 0 aliphatic rings. The first-order valence-electron chi connectivity index (χ1n) is 9.22. The van der Waals surface area contributed by atoms with E-state index in [1.54, 1.807) is 19.2 Å². The number of ether oxygens (including phenoxy) is 1. The molecular formula is C24H19ClFNO2. The van der Waals surface area contributed by atoms with Crippen LogP contribution in [0.15, 0.2) is 72.9 Å². The highest BCUT2D eigenvalue weighted by Crippen LogP contribution is 2.35. The molecule has 5 heteroatoms. The third kappa shape index (κ3) is 4.09. The molecular weight excluding hydrogens is 389 g/mol. The van der Waals surface area contributed by atoms with Crippen LogP contribution in [0.5, 0.6) is 5.75 Å². The molecule has 1 atom stereocenters. The van der Waals surface area contributed by atoms with E-state index < -0.39 is 6.10 Å². The average Bonchev–Trinajstić information content (AvgIpc) is 2.73. The smallest absolute Gasteiger partial charge is 0.123 e. The number of fused-ring (bicyclic) bond motifs is 1. The summed E-state index contributed by atoms with van der Waals surface area (Å²) in [4.78, 5) is 4.45. The van der Waals surface area contributed by atoms with Crippen LogP contribution in [-0.4, -0.2) is 10.1 Å². The van der Waals surface area contributed by atoms with E-state index in [2.05, 4.69) is 4.98 Å². The fourth-order valence-electron chi connectivity index (χ4n) is 3.29. The van der Waals surface area contributed by atoms with Crippen molar-refractivity contribution >= 4 is 22.5 Å². The highest BCUT2D eigenvalue weighted by molar-refractivity contribution is 6.36. The van der Waals surface area contributed by atoms with Crippen LogP contribution in [0.4, 0.5) is 4.39 Å². The van der Waals surface area contributed by atoms with E-state index in [4.69, 9.17) is 16.3 Å². The van der Waals surface area contributed by atoms with Crippen LogP contribution in [0, 0.1) is 12.7 Å². The van der Waals surface area contributed by atoms with E-state index in [9.17, 15) is 9.50 Å². The minimum atomic E-state index is -0.992. The van der Waals surface area contributed by atoms with Crippen LogP contribution in [0.1, 0.15) is 28.4 Å². The number of aryl methyl sites for hydroxylation is 1. The average molecular weight is 408 g/mol. The highest BCUT2D eigenvalue weighted by atomic mass is 35.5. The number of rotatable bonds is 5. The molecule has 29 heavy (non-hydrogen) atoms. The van der Waals surface area contributed by atoms with Gasteiger partial charge in [-0.1, -0.05) is 48.0 Å². The topological polar surface area (TPSA) is 42.4 Å². The molecule has 0 saturated heterocycles. The molecule has 4 aromatic rings. The number of hydrogen-bond acceptors (Lipinski definition) is 3. The molecule has 0 bridgehead atoms. The second-order valence-electron chi connectivity index (χ2n) is 6.88. The number of hydrogen-bond donors (Lipinski definition) is 1. The Kier molecular flexibility index (Phi) is 5.47. The van der Waals surface area contributed by atoms with E-state index in [0.29, 0.717) is 39.6 Å². The van der Waals surface area contributed by atoms with Gasteiger partial charge in [0.25, 0.3) is 0 Å². The Balaban J connectivity index is 1.62. The number of aliphatic hydroxyl groups is 1. The van der Waals surface area contributed by atoms with Crippen LogP contribution < -0.4 is 4.74 Å². The number of nitrogens with zero attached hydrogens (tertiary/aromatic N) is 1. The first-order valence-corrected chi connectivity index (χ1v) is 9.60. The summed E-state index contributed by atoms with van der Waals surface area (Å²) < 4.78 is 19.2. The zero-order valence-corrected chi connectivity index (χ0v) is 16.5. The summed E-state index contributed by atoms with van der Waals surface area (Å²) in [5, 5.41) is 11.9. The summed E-state index contributed by atoms with van der Waals surface area (Å²) in [6.07, 6.45) is 0.563. The molecule has 0 amide bonds. The van der Waals surface area contributed by atoms with Gasteiger partial charge in [-0.05, 0) is 47.9 Å². The van der Waals surface area contributed by atoms with Gasteiger partial charge >= 0.3 is 0 Å². The summed E-state index contributed by atoms with van der Waals surface area (Å²) >= 11 is 6.58. The quantitative estimate of drug-likeness (QED) is 0.441. The Labute approximate surface area is 173 Å². The maximum Gasteiger partial charge on any atom is 0.123 e. The number of halogens is 2. The molecule has 0 aliphatic carbocycles. The van der Waals surface area contributed by atoms with Gasteiger partial charge in [-0.15, -0.1) is 0 Å². The molecule has 146 valence electrons. The van der Waals surface area contributed by atoms with Gasteiger partial charge in [0.1, 0.15) is 24.3 Å². The highest BCUT2D eigenvalue weighted by Gasteiger charge is 2.19. The lowest BCUT2D eigenvalue weighted by Crippen LogP contribution is -2.04. The summed E-state index contributed by atoms with van der Waals surface area (Å²) in [5.41, 5.74) is 3.47. The summed E-state index contributed by atoms with van der Waals surface area (Å²) in [7, 11) is 0. The predicted molar refractivity (Wildman–Crippen MR) is 113 cm³/mol. The second-order valence-corrected chi connectivity index (χ2v) is 7.26. The predicted octanol–water partition coefficient (Wildman–Crippen LogP) is 6.00. The van der Waals surface area contributed by atoms with E-state index >= 15 is 0 Å². The standard InChI is InChI=1S/C24H19ClFNO2/c1-15-11-17(26)7-9-19(15)24(28)21-13-27-22-12-18(8-10-20(22)23(21)25)29-14-16-5-3-2-4-6-16/h2-13,24,28H,14H2,1H3. The van der Waals surface area contributed by atoms with Crippen molar-refractivity contribution in [2.45, 2.75) is 19.6 Å². The van der Waals surface area contributed by atoms with Gasteiger partial charge in [-0.3, -0.25) is 4.98 Å². The van der Waals surface area contributed by atoms with Crippen LogP contribution in [0.3, 0.4) is 0 Å². The van der Waals surface area contributed by atoms with E-state index in [0.717, 1.165) is 10.9 Å². The van der Waals surface area contributed by atoms with Crippen molar-refractivity contribution in [3.63, 3.8) is 0 Å². The molecule has 0 fully saturated rings. The Morgan fingerprint density at radius 1 is 1.03 bits per heavy atom. The van der Waals surface area contributed by atoms with Crippen molar-refractivity contribution in [2.75, 3.05) is 0 Å². The zero-order valence-electron chi connectivity index (χ0n) is 15.8. The third-order valence-corrected chi connectivity index (χ3v) is 5.29. The van der Waals surface area contributed by atoms with E-state index in [-0.39, 0.29) is 5.82 Å². The SMILES string of the molecule is Cc1cc(F)ccc1C(O)c1cnc2cc(OCc3ccccc3)ccc2c1Cl. The van der Waals surface area contributed by atoms with E-state index in [1.165, 1.54) is 12.1 Å². The largest absolute Gasteiger partial charge is 0.489 e. The van der Waals surface area contributed by atoms with Gasteiger partial charge in [0.2, 0.25) is 0 Å². The molecule has 3 nitrogen and oxygen atoms in total. The Hall–Kier alpha value is -2.95. The third-order valence-electron chi connectivity index (χ3n) is 4.87. The van der Waals surface area contributed by atoms with Crippen LogP contribution in [-0.2, 0) is 6.61 Å². The van der Waals surface area contributed by atoms with Gasteiger partial charge in [-0.2, -0.15) is 0 Å². The van der Waals surface area contributed by atoms with Gasteiger partial charge < -0.3 is 9.84 Å². The molecule has 1 N–H and O–H groups in total. The van der Waals surface area contributed by atoms with Gasteiger partial charge in [0.05, 0.1) is 10.5 Å². The molecule has 4 rings (SSSR count). The minimum Gasteiger partial charge on any atom is -0.489 e. The summed E-state index contributed by atoms with van der Waals surface area (Å²) in [6, 6.07) is 19.7. The lowest BCUT2D eigenvalue weighted by Gasteiger charge is -2.16. The van der Waals surface area contributed by atoms with Crippen molar-refractivity contribution in [1.82, 2.24) is 4.98 Å².